The lowest BCUT2D eigenvalue weighted by molar-refractivity contribution is 0.146. The molecule has 0 saturated carbocycles. The Kier molecular flexibility index (Phi) is 10.7. The summed E-state index contributed by atoms with van der Waals surface area (Å²) in [6, 6.07) is 8.67. The third kappa shape index (κ3) is 6.96. The van der Waals surface area contributed by atoms with Crippen LogP contribution in [0.25, 0.3) is 10.2 Å². The summed E-state index contributed by atoms with van der Waals surface area (Å²) in [6.07, 6.45) is 10.5. The Bertz CT molecular complexity index is 716. The maximum atomic E-state index is 5.75. The molecular weight excluding hydrogens is 380 g/mol. The molecule has 1 heterocycles. The highest BCUT2D eigenvalue weighted by Crippen LogP contribution is 2.25. The van der Waals surface area contributed by atoms with Crippen LogP contribution in [0.3, 0.4) is 0 Å². The molecule has 0 bridgehead atoms. The smallest absolute Gasteiger partial charge is 0.163 e. The second kappa shape index (κ2) is 12.8. The van der Waals surface area contributed by atoms with Crippen LogP contribution in [0.4, 0.5) is 0 Å². The molecule has 2 aromatic rings. The van der Waals surface area contributed by atoms with E-state index in [1.807, 2.05) is 0 Å². The van der Waals surface area contributed by atoms with Gasteiger partial charge in [-0.1, -0.05) is 78.4 Å². The molecule has 0 amide bonds. The van der Waals surface area contributed by atoms with Crippen LogP contribution in [0, 0.1) is 15.8 Å². The molecule has 0 aliphatic carbocycles. The maximum absolute atomic E-state index is 5.75. The Morgan fingerprint density at radius 2 is 1.50 bits per heavy atom. The largest absolute Gasteiger partial charge is 0.309 e. The van der Waals surface area contributed by atoms with Gasteiger partial charge < -0.3 is 4.57 Å². The molecule has 2 unspecified atom stereocenters. The van der Waals surface area contributed by atoms with Gasteiger partial charge in [0.1, 0.15) is 0 Å². The molecule has 0 N–H and O–H groups in total. The van der Waals surface area contributed by atoms with Gasteiger partial charge in [-0.25, -0.2) is 0 Å². The highest BCUT2D eigenvalue weighted by molar-refractivity contribution is 7.73. The van der Waals surface area contributed by atoms with Crippen LogP contribution in [0.2, 0.25) is 0 Å². The number of hydrogen-bond acceptors (Lipinski definition) is 3. The van der Waals surface area contributed by atoms with E-state index in [2.05, 4.69) is 61.4 Å². The van der Waals surface area contributed by atoms with E-state index in [4.69, 9.17) is 12.2 Å². The standard InChI is InChI=1S/C24H40N2S2/c1-5-9-13-20(7-3)17-25(18-21(8-4)14-10-6-2)19-26-22-15-11-12-16-23(22)28-24(26)27/h11-12,15-16,20-21H,5-10,13-14,17-19H2,1-4H3. The first-order valence-corrected chi connectivity index (χ1v) is 12.7. The van der Waals surface area contributed by atoms with E-state index in [1.54, 1.807) is 11.3 Å². The number of thiazole rings is 1. The summed E-state index contributed by atoms with van der Waals surface area (Å²) in [5, 5.41) is 0. The van der Waals surface area contributed by atoms with Gasteiger partial charge in [0.05, 0.1) is 16.9 Å². The minimum atomic E-state index is 0.794. The SMILES string of the molecule is CCCCC(CC)CN(CC(CC)CCCC)Cn1c(=S)sc2ccccc21. The van der Waals surface area contributed by atoms with Crippen molar-refractivity contribution in [1.82, 2.24) is 9.47 Å². The van der Waals surface area contributed by atoms with Crippen molar-refractivity contribution in [3.8, 4) is 0 Å². The molecule has 28 heavy (non-hydrogen) atoms. The average molecular weight is 421 g/mol. The number of rotatable bonds is 14. The first-order valence-electron chi connectivity index (χ1n) is 11.4. The zero-order chi connectivity index (χ0) is 20.4. The van der Waals surface area contributed by atoms with Crippen LogP contribution in [0.15, 0.2) is 24.3 Å². The van der Waals surface area contributed by atoms with Crippen molar-refractivity contribution in [1.29, 1.82) is 0 Å². The van der Waals surface area contributed by atoms with E-state index in [1.165, 1.54) is 74.7 Å². The quantitative estimate of drug-likeness (QED) is 0.285. The lowest BCUT2D eigenvalue weighted by Crippen LogP contribution is -2.35. The maximum Gasteiger partial charge on any atom is 0.163 e. The predicted molar refractivity (Wildman–Crippen MR) is 129 cm³/mol. The fraction of sp³-hybridized carbons (Fsp3) is 0.708. The molecule has 2 nitrogen and oxygen atoms in total. The molecule has 0 aliphatic rings. The van der Waals surface area contributed by atoms with E-state index in [-0.39, 0.29) is 0 Å². The molecule has 1 aromatic heterocycles. The number of nitrogens with zero attached hydrogens (tertiary/aromatic N) is 2. The summed E-state index contributed by atoms with van der Waals surface area (Å²) < 4.78 is 4.69. The van der Waals surface area contributed by atoms with Gasteiger partial charge >= 0.3 is 0 Å². The Morgan fingerprint density at radius 3 is 2.04 bits per heavy atom. The first-order chi connectivity index (χ1) is 13.6. The van der Waals surface area contributed by atoms with E-state index >= 15 is 0 Å². The molecule has 0 aliphatic heterocycles. The summed E-state index contributed by atoms with van der Waals surface area (Å²) in [6.45, 7) is 12.7. The van der Waals surface area contributed by atoms with Crippen molar-refractivity contribution in [3.63, 3.8) is 0 Å². The highest BCUT2D eigenvalue weighted by Gasteiger charge is 2.18. The minimum absolute atomic E-state index is 0.794. The Balaban J connectivity index is 2.20. The summed E-state index contributed by atoms with van der Waals surface area (Å²) in [5.74, 6) is 1.59. The number of aromatic nitrogens is 1. The highest BCUT2D eigenvalue weighted by atomic mass is 32.1. The van der Waals surface area contributed by atoms with Gasteiger partial charge in [0.25, 0.3) is 0 Å². The van der Waals surface area contributed by atoms with Gasteiger partial charge in [0.15, 0.2) is 3.95 Å². The lowest BCUT2D eigenvalue weighted by Gasteiger charge is -2.31. The molecule has 2 rings (SSSR count). The monoisotopic (exact) mass is 420 g/mol. The van der Waals surface area contributed by atoms with Crippen molar-refractivity contribution in [2.75, 3.05) is 13.1 Å². The summed E-state index contributed by atoms with van der Waals surface area (Å²) in [7, 11) is 0. The van der Waals surface area contributed by atoms with Gasteiger partial charge in [-0.05, 0) is 49.0 Å². The van der Waals surface area contributed by atoms with Crippen LogP contribution in [0.1, 0.15) is 79.1 Å². The molecule has 0 spiro atoms. The molecular formula is C24H40N2S2. The number of fused-ring (bicyclic) bond motifs is 1. The zero-order valence-electron chi connectivity index (χ0n) is 18.5. The summed E-state index contributed by atoms with van der Waals surface area (Å²) in [5.41, 5.74) is 1.30. The number of hydrogen-bond donors (Lipinski definition) is 0. The molecule has 158 valence electrons. The minimum Gasteiger partial charge on any atom is -0.309 e. The van der Waals surface area contributed by atoms with Crippen molar-refractivity contribution in [2.24, 2.45) is 11.8 Å². The Labute approximate surface area is 182 Å². The van der Waals surface area contributed by atoms with Crippen molar-refractivity contribution < 1.29 is 0 Å². The number of unbranched alkanes of at least 4 members (excludes halogenated alkanes) is 2. The molecule has 0 fully saturated rings. The second-order valence-corrected chi connectivity index (χ2v) is 9.95. The van der Waals surface area contributed by atoms with Crippen molar-refractivity contribution in [2.45, 2.75) is 85.7 Å². The molecule has 0 radical (unpaired) electrons. The zero-order valence-corrected chi connectivity index (χ0v) is 20.1. The Hall–Kier alpha value is -0.710. The topological polar surface area (TPSA) is 8.17 Å². The normalized spacial score (nSPS) is 14.0. The van der Waals surface area contributed by atoms with Crippen LogP contribution in [0.5, 0.6) is 0 Å². The van der Waals surface area contributed by atoms with Crippen LogP contribution in [-0.2, 0) is 6.67 Å². The molecule has 2 atom stereocenters. The van der Waals surface area contributed by atoms with Gasteiger partial charge in [0.2, 0.25) is 0 Å². The predicted octanol–water partition coefficient (Wildman–Crippen LogP) is 8.12. The van der Waals surface area contributed by atoms with Crippen LogP contribution in [-0.4, -0.2) is 22.6 Å². The van der Waals surface area contributed by atoms with E-state index in [0.717, 1.165) is 22.5 Å². The van der Waals surface area contributed by atoms with Gasteiger partial charge in [0, 0.05) is 13.1 Å². The fourth-order valence-electron chi connectivity index (χ4n) is 4.10. The number of para-hydroxylation sites is 1. The van der Waals surface area contributed by atoms with Gasteiger partial charge in [-0.3, -0.25) is 4.90 Å². The van der Waals surface area contributed by atoms with Crippen molar-refractivity contribution in [3.05, 3.63) is 28.2 Å². The first kappa shape index (κ1) is 23.6. The van der Waals surface area contributed by atoms with Crippen LogP contribution < -0.4 is 0 Å². The number of benzene rings is 1. The van der Waals surface area contributed by atoms with E-state index in [0.29, 0.717) is 0 Å². The summed E-state index contributed by atoms with van der Waals surface area (Å²) >= 11 is 7.50. The van der Waals surface area contributed by atoms with Gasteiger partial charge in [-0.15, -0.1) is 11.3 Å². The Morgan fingerprint density at radius 1 is 0.929 bits per heavy atom. The fourth-order valence-corrected chi connectivity index (χ4v) is 5.41. The molecule has 4 heteroatoms. The lowest BCUT2D eigenvalue weighted by atomic mass is 9.96. The average Bonchev–Trinajstić information content (AvgIpc) is 3.03. The van der Waals surface area contributed by atoms with Crippen LogP contribution >= 0.6 is 23.6 Å². The van der Waals surface area contributed by atoms with Crippen molar-refractivity contribution >= 4 is 33.8 Å². The summed E-state index contributed by atoms with van der Waals surface area (Å²) in [4.78, 5) is 2.71. The third-order valence-corrected chi connectivity index (χ3v) is 7.47. The molecule has 1 aromatic carbocycles. The van der Waals surface area contributed by atoms with E-state index < -0.39 is 0 Å². The third-order valence-electron chi connectivity index (χ3n) is 6.03. The molecule has 0 saturated heterocycles. The van der Waals surface area contributed by atoms with E-state index in [9.17, 15) is 0 Å². The van der Waals surface area contributed by atoms with Gasteiger partial charge in [-0.2, -0.15) is 0 Å². The second-order valence-electron chi connectivity index (χ2n) is 8.27.